The highest BCUT2D eigenvalue weighted by Crippen LogP contribution is 2.21. The van der Waals surface area contributed by atoms with Crippen molar-refractivity contribution in [1.29, 1.82) is 5.26 Å². The summed E-state index contributed by atoms with van der Waals surface area (Å²) in [6.45, 7) is 1.65. The largest absolute Gasteiger partial charge is 0.450 e. The van der Waals surface area contributed by atoms with E-state index in [-0.39, 0.29) is 17.3 Å². The van der Waals surface area contributed by atoms with E-state index in [1.165, 1.54) is 12.1 Å². The average molecular weight is 312 g/mol. The van der Waals surface area contributed by atoms with Gasteiger partial charge in [0.05, 0.1) is 18.4 Å². The molecule has 0 fully saturated rings. The highest BCUT2D eigenvalue weighted by atomic mass is 35.5. The number of hydrogen-bond acceptors (Lipinski definition) is 5. The first-order valence-corrected chi connectivity index (χ1v) is 6.22. The van der Waals surface area contributed by atoms with Crippen molar-refractivity contribution in [2.24, 2.45) is 10.9 Å². The fourth-order valence-corrected chi connectivity index (χ4v) is 1.40. The average Bonchev–Trinajstić information content (AvgIpc) is 2.41. The van der Waals surface area contributed by atoms with Crippen LogP contribution in [0, 0.1) is 23.1 Å². The summed E-state index contributed by atoms with van der Waals surface area (Å²) in [4.78, 5) is 26.3. The summed E-state index contributed by atoms with van der Waals surface area (Å²) < 4.78 is 18.0. The minimum Gasteiger partial charge on any atom is -0.450 e. The molecule has 1 unspecified atom stereocenters. The number of carbonyl (C=O) groups is 2. The molecule has 0 aliphatic rings. The van der Waals surface area contributed by atoms with E-state index in [0.717, 1.165) is 12.3 Å². The second-order valence-electron chi connectivity index (χ2n) is 3.69. The number of carbonyl (C=O) groups excluding carboxylic acids is 2. The molecular weight excluding hydrogens is 301 g/mol. The third-order valence-electron chi connectivity index (χ3n) is 2.19. The maximum atomic E-state index is 13.5. The number of nitriles is 1. The first-order chi connectivity index (χ1) is 9.97. The van der Waals surface area contributed by atoms with Crippen molar-refractivity contribution < 1.29 is 18.7 Å². The molecule has 1 rings (SSSR count). The van der Waals surface area contributed by atoms with Crippen molar-refractivity contribution in [1.82, 2.24) is 5.32 Å². The first-order valence-electron chi connectivity index (χ1n) is 5.84. The lowest BCUT2D eigenvalue weighted by Crippen LogP contribution is -2.36. The summed E-state index contributed by atoms with van der Waals surface area (Å²) in [6, 6.07) is 5.39. The molecule has 0 spiro atoms. The van der Waals surface area contributed by atoms with Gasteiger partial charge < -0.3 is 4.74 Å². The second-order valence-corrected chi connectivity index (χ2v) is 4.13. The Balaban J connectivity index is 2.77. The monoisotopic (exact) mass is 311 g/mol. The van der Waals surface area contributed by atoms with Gasteiger partial charge in [0.1, 0.15) is 5.82 Å². The fraction of sp³-hybridized carbons (Fsp3) is 0.231. The molecule has 110 valence electrons. The molecule has 6 nitrogen and oxygen atoms in total. The van der Waals surface area contributed by atoms with Gasteiger partial charge >= 0.3 is 6.09 Å². The zero-order chi connectivity index (χ0) is 15.8. The molecule has 0 aliphatic heterocycles. The maximum Gasteiger partial charge on any atom is 0.413 e. The fourth-order valence-electron chi connectivity index (χ4n) is 1.25. The number of imide groups is 1. The van der Waals surface area contributed by atoms with E-state index < -0.39 is 23.7 Å². The van der Waals surface area contributed by atoms with Crippen LogP contribution >= 0.6 is 11.6 Å². The number of nitrogens with zero attached hydrogens (tertiary/aromatic N) is 2. The topological polar surface area (TPSA) is 91.5 Å². The van der Waals surface area contributed by atoms with Gasteiger partial charge in [-0.1, -0.05) is 11.6 Å². The van der Waals surface area contributed by atoms with Crippen LogP contribution in [0.5, 0.6) is 0 Å². The number of ether oxygens (including phenoxy) is 1. The van der Waals surface area contributed by atoms with Crippen molar-refractivity contribution in [2.75, 3.05) is 6.61 Å². The highest BCUT2D eigenvalue weighted by molar-refractivity contribution is 6.30. The molecule has 21 heavy (non-hydrogen) atoms. The van der Waals surface area contributed by atoms with Gasteiger partial charge in [-0.05, 0) is 25.1 Å². The molecule has 0 saturated heterocycles. The molecule has 0 radical (unpaired) electrons. The van der Waals surface area contributed by atoms with Crippen LogP contribution in [-0.4, -0.2) is 24.8 Å². The van der Waals surface area contributed by atoms with Gasteiger partial charge in [0.15, 0.2) is 5.92 Å². The SMILES string of the molecule is CCOC(=O)NC(=O)C(C#N)C=Nc1ccc(Cl)cc1F. The lowest BCUT2D eigenvalue weighted by Gasteiger charge is -2.05. The summed E-state index contributed by atoms with van der Waals surface area (Å²) in [7, 11) is 0. The highest BCUT2D eigenvalue weighted by Gasteiger charge is 2.18. The van der Waals surface area contributed by atoms with Crippen molar-refractivity contribution in [3.05, 3.63) is 29.0 Å². The van der Waals surface area contributed by atoms with E-state index in [1.54, 1.807) is 13.0 Å². The van der Waals surface area contributed by atoms with E-state index in [1.807, 2.05) is 5.32 Å². The van der Waals surface area contributed by atoms with Gasteiger partial charge in [-0.3, -0.25) is 15.1 Å². The standard InChI is InChI=1S/C13H11ClFN3O3/c1-2-21-13(20)18-12(19)8(6-16)7-17-11-4-3-9(14)5-10(11)15/h3-5,7-8H,2H2,1H3,(H,18,19,20). The molecule has 0 aliphatic carbocycles. The first kappa shape index (κ1) is 16.6. The number of hydrogen-bond donors (Lipinski definition) is 1. The Morgan fingerprint density at radius 1 is 1.62 bits per heavy atom. The van der Waals surface area contributed by atoms with Gasteiger partial charge in [-0.2, -0.15) is 5.26 Å². The molecule has 8 heteroatoms. The molecule has 1 aromatic carbocycles. The van der Waals surface area contributed by atoms with E-state index >= 15 is 0 Å². The predicted molar refractivity (Wildman–Crippen MR) is 73.8 cm³/mol. The van der Waals surface area contributed by atoms with E-state index in [2.05, 4.69) is 9.73 Å². The molecule has 1 N–H and O–H groups in total. The molecule has 1 aromatic rings. The second kappa shape index (κ2) is 7.97. The van der Waals surface area contributed by atoms with Gasteiger partial charge in [0.2, 0.25) is 0 Å². The molecule has 2 amide bonds. The number of halogens is 2. The Bertz CT molecular complexity index is 613. The van der Waals surface area contributed by atoms with Crippen LogP contribution in [0.1, 0.15) is 6.92 Å². The number of alkyl carbamates (subject to hydrolysis) is 1. The third-order valence-corrected chi connectivity index (χ3v) is 2.43. The molecule has 0 saturated carbocycles. The lowest BCUT2D eigenvalue weighted by molar-refractivity contribution is -0.121. The maximum absolute atomic E-state index is 13.5. The van der Waals surface area contributed by atoms with E-state index in [0.29, 0.717) is 0 Å². The number of amides is 2. The Labute approximate surface area is 125 Å². The van der Waals surface area contributed by atoms with Crippen LogP contribution in [0.2, 0.25) is 5.02 Å². The molecule has 1 atom stereocenters. The Kier molecular flexibility index (Phi) is 6.30. The van der Waals surface area contributed by atoms with E-state index in [9.17, 15) is 14.0 Å². The van der Waals surface area contributed by atoms with Crippen LogP contribution in [0.4, 0.5) is 14.9 Å². The van der Waals surface area contributed by atoms with Crippen LogP contribution < -0.4 is 5.32 Å². The third kappa shape index (κ3) is 5.20. The zero-order valence-corrected chi connectivity index (χ0v) is 11.7. The zero-order valence-electron chi connectivity index (χ0n) is 11.0. The summed E-state index contributed by atoms with van der Waals surface area (Å²) in [5.74, 6) is -2.96. The molecule has 0 aromatic heterocycles. The van der Waals surface area contributed by atoms with Crippen molar-refractivity contribution in [2.45, 2.75) is 6.92 Å². The Hall–Kier alpha value is -2.46. The quantitative estimate of drug-likeness (QED) is 0.865. The van der Waals surface area contributed by atoms with E-state index in [4.69, 9.17) is 16.9 Å². The summed E-state index contributed by atoms with van der Waals surface area (Å²) in [5, 5.41) is 10.9. The number of nitrogens with one attached hydrogen (secondary N) is 1. The summed E-state index contributed by atoms with van der Waals surface area (Å²) >= 11 is 5.58. The van der Waals surface area contributed by atoms with Crippen LogP contribution in [0.25, 0.3) is 0 Å². The van der Waals surface area contributed by atoms with Crippen LogP contribution in [0.3, 0.4) is 0 Å². The molecule has 0 bridgehead atoms. The van der Waals surface area contributed by atoms with Crippen LogP contribution in [0.15, 0.2) is 23.2 Å². The Morgan fingerprint density at radius 2 is 2.33 bits per heavy atom. The summed E-state index contributed by atoms with van der Waals surface area (Å²) in [6.07, 6.45) is -0.0326. The van der Waals surface area contributed by atoms with Crippen molar-refractivity contribution >= 4 is 35.5 Å². The van der Waals surface area contributed by atoms with Gasteiger partial charge in [0, 0.05) is 11.2 Å². The minimum atomic E-state index is -1.36. The number of aliphatic imine (C=N–C) groups is 1. The summed E-state index contributed by atoms with van der Waals surface area (Å²) in [5.41, 5.74) is -0.0800. The molecule has 0 heterocycles. The molecular formula is C13H11ClFN3O3. The van der Waals surface area contributed by atoms with Crippen LogP contribution in [-0.2, 0) is 9.53 Å². The Morgan fingerprint density at radius 3 is 2.90 bits per heavy atom. The number of benzene rings is 1. The predicted octanol–water partition coefficient (Wildman–Crippen LogP) is 2.59. The number of rotatable bonds is 4. The van der Waals surface area contributed by atoms with Gasteiger partial charge in [-0.15, -0.1) is 0 Å². The van der Waals surface area contributed by atoms with Crippen molar-refractivity contribution in [3.8, 4) is 6.07 Å². The van der Waals surface area contributed by atoms with Gasteiger partial charge in [-0.25, -0.2) is 9.18 Å². The van der Waals surface area contributed by atoms with Crippen molar-refractivity contribution in [3.63, 3.8) is 0 Å². The normalized spacial score (nSPS) is 11.7. The minimum absolute atomic E-state index is 0.0800. The smallest absolute Gasteiger partial charge is 0.413 e. The lowest BCUT2D eigenvalue weighted by atomic mass is 10.2. The van der Waals surface area contributed by atoms with Gasteiger partial charge in [0.25, 0.3) is 5.91 Å².